The third kappa shape index (κ3) is 79.4. The summed E-state index contributed by atoms with van der Waals surface area (Å²) in [5.74, 6) is 2.68. The molecule has 1 N–H and O–H groups in total. The lowest BCUT2D eigenvalue weighted by Crippen LogP contribution is -2.14. The SMILES string of the molecule is CCC.CCC.CCCNCCC.CCCSCCC. The van der Waals surface area contributed by atoms with E-state index in [1.807, 2.05) is 0 Å². The highest BCUT2D eigenvalue weighted by Gasteiger charge is 1.79. The van der Waals surface area contributed by atoms with Crippen molar-refractivity contribution in [3.63, 3.8) is 0 Å². The molecule has 0 radical (unpaired) electrons. The summed E-state index contributed by atoms with van der Waals surface area (Å²) in [5, 5.41) is 3.28. The van der Waals surface area contributed by atoms with E-state index in [1.165, 1.54) is 63.1 Å². The van der Waals surface area contributed by atoms with Gasteiger partial charge in [-0.2, -0.15) is 11.8 Å². The molecule has 0 aromatic carbocycles. The molecule has 2 heteroatoms. The van der Waals surface area contributed by atoms with Crippen LogP contribution in [0.25, 0.3) is 0 Å². The van der Waals surface area contributed by atoms with E-state index >= 15 is 0 Å². The molecule has 0 saturated heterocycles. The molecule has 0 atom stereocenters. The van der Waals surface area contributed by atoms with Crippen LogP contribution in [-0.4, -0.2) is 24.6 Å². The van der Waals surface area contributed by atoms with Gasteiger partial charge in [0.1, 0.15) is 0 Å². The number of thioether (sulfide) groups is 1. The average Bonchev–Trinajstić information content (AvgIpc) is 2.43. The van der Waals surface area contributed by atoms with E-state index in [0.29, 0.717) is 0 Å². The maximum Gasteiger partial charge on any atom is -0.00516 e. The summed E-state index contributed by atoms with van der Waals surface area (Å²) in [4.78, 5) is 0. The van der Waals surface area contributed by atoms with E-state index in [9.17, 15) is 0 Å². The fraction of sp³-hybridized carbons (Fsp3) is 1.00. The molecule has 0 aliphatic rings. The Kier molecular flexibility index (Phi) is 60.8. The molecule has 0 saturated carbocycles. The summed E-state index contributed by atoms with van der Waals surface area (Å²) < 4.78 is 0. The summed E-state index contributed by atoms with van der Waals surface area (Å²) in [6.45, 7) is 19.7. The summed E-state index contributed by atoms with van der Waals surface area (Å²) in [7, 11) is 0. The van der Waals surface area contributed by atoms with Gasteiger partial charge in [-0.1, -0.05) is 68.2 Å². The molecule has 0 bridgehead atoms. The van der Waals surface area contributed by atoms with Crippen molar-refractivity contribution >= 4 is 11.8 Å². The first-order chi connectivity index (χ1) is 9.66. The average molecular weight is 308 g/mol. The number of rotatable bonds is 8. The smallest absolute Gasteiger partial charge is 0.00516 e. The van der Waals surface area contributed by atoms with Crippen LogP contribution in [0.1, 0.15) is 93.9 Å². The fourth-order valence-electron chi connectivity index (χ4n) is 0.869. The second-order valence-corrected chi connectivity index (χ2v) is 6.00. The Balaban J connectivity index is -0.0000000927. The quantitative estimate of drug-likeness (QED) is 0.497. The first-order valence-electron chi connectivity index (χ1n) is 8.94. The molecule has 0 aliphatic heterocycles. The molecule has 0 unspecified atom stereocenters. The Bertz CT molecular complexity index is 77.4. The minimum Gasteiger partial charge on any atom is -0.317 e. The van der Waals surface area contributed by atoms with Crippen LogP contribution >= 0.6 is 11.8 Å². The monoisotopic (exact) mass is 307 g/mol. The van der Waals surface area contributed by atoms with Gasteiger partial charge in [-0.25, -0.2) is 0 Å². The Hall–Kier alpha value is 0.310. The molecule has 128 valence electrons. The van der Waals surface area contributed by atoms with Crippen LogP contribution in [0.15, 0.2) is 0 Å². The van der Waals surface area contributed by atoms with Gasteiger partial charge >= 0.3 is 0 Å². The van der Waals surface area contributed by atoms with E-state index < -0.39 is 0 Å². The van der Waals surface area contributed by atoms with Crippen molar-refractivity contribution in [1.29, 1.82) is 0 Å². The molecule has 0 aromatic heterocycles. The minimum absolute atomic E-state index is 1.17. The first kappa shape index (κ1) is 28.5. The van der Waals surface area contributed by atoms with Crippen molar-refractivity contribution in [2.24, 2.45) is 0 Å². The van der Waals surface area contributed by atoms with E-state index in [-0.39, 0.29) is 0 Å². The normalized spacial score (nSPS) is 8.40. The van der Waals surface area contributed by atoms with Gasteiger partial charge in [-0.3, -0.25) is 0 Å². The van der Waals surface area contributed by atoms with Gasteiger partial charge in [0.05, 0.1) is 0 Å². The molecule has 0 heterocycles. The lowest BCUT2D eigenvalue weighted by Gasteiger charge is -1.95. The molecule has 0 aromatic rings. The van der Waals surface area contributed by atoms with Gasteiger partial charge in [-0.05, 0) is 50.3 Å². The summed E-state index contributed by atoms with van der Waals surface area (Å²) in [6, 6.07) is 0. The van der Waals surface area contributed by atoms with E-state index in [2.05, 4.69) is 72.5 Å². The highest BCUT2D eigenvalue weighted by molar-refractivity contribution is 7.99. The Morgan fingerprint density at radius 2 is 0.850 bits per heavy atom. The number of hydrogen-bond acceptors (Lipinski definition) is 2. The molecule has 0 aliphatic carbocycles. The molecule has 0 rings (SSSR count). The van der Waals surface area contributed by atoms with Crippen molar-refractivity contribution in [3.05, 3.63) is 0 Å². The zero-order valence-corrected chi connectivity index (χ0v) is 16.8. The highest BCUT2D eigenvalue weighted by atomic mass is 32.2. The van der Waals surface area contributed by atoms with E-state index in [4.69, 9.17) is 0 Å². The third-order valence-electron chi connectivity index (χ3n) is 1.55. The number of nitrogens with one attached hydrogen (secondary N) is 1. The second-order valence-electron chi connectivity index (χ2n) is 4.78. The van der Waals surface area contributed by atoms with Crippen molar-refractivity contribution in [2.45, 2.75) is 93.9 Å². The molecule has 0 amide bonds. The van der Waals surface area contributed by atoms with Gasteiger partial charge in [0, 0.05) is 0 Å². The lowest BCUT2D eigenvalue weighted by atomic mass is 10.4. The minimum atomic E-state index is 1.17. The molecule has 20 heavy (non-hydrogen) atoms. The van der Waals surface area contributed by atoms with Crippen LogP contribution in [0.3, 0.4) is 0 Å². The summed E-state index contributed by atoms with van der Waals surface area (Å²) in [6.07, 6.45) is 7.65. The third-order valence-corrected chi connectivity index (χ3v) is 2.94. The largest absolute Gasteiger partial charge is 0.317 e. The Labute approximate surface area is 136 Å². The van der Waals surface area contributed by atoms with Crippen LogP contribution < -0.4 is 5.32 Å². The van der Waals surface area contributed by atoms with Crippen LogP contribution in [-0.2, 0) is 0 Å². The Morgan fingerprint density at radius 1 is 0.550 bits per heavy atom. The predicted molar refractivity (Wildman–Crippen MR) is 103 cm³/mol. The maximum atomic E-state index is 3.28. The zero-order valence-electron chi connectivity index (χ0n) is 16.0. The lowest BCUT2D eigenvalue weighted by molar-refractivity contribution is 0.662. The van der Waals surface area contributed by atoms with Crippen LogP contribution in [0.2, 0.25) is 0 Å². The molecule has 1 nitrogen and oxygen atoms in total. The topological polar surface area (TPSA) is 12.0 Å². The van der Waals surface area contributed by atoms with Gasteiger partial charge < -0.3 is 5.32 Å². The summed E-state index contributed by atoms with van der Waals surface area (Å²) >= 11 is 2.05. The van der Waals surface area contributed by atoms with Gasteiger partial charge in [0.15, 0.2) is 0 Å². The second kappa shape index (κ2) is 42.7. The standard InChI is InChI=1S/C6H15N.C6H14S.2C3H8/c2*1-3-5-7-6-4-2;2*1-3-2/h7H,3-6H2,1-2H3;3-6H2,1-2H3;2*3H2,1-2H3. The number of hydrogen-bond donors (Lipinski definition) is 1. The first-order valence-corrected chi connectivity index (χ1v) is 10.1. The zero-order chi connectivity index (χ0) is 16.5. The van der Waals surface area contributed by atoms with Crippen molar-refractivity contribution in [2.75, 3.05) is 24.6 Å². The van der Waals surface area contributed by atoms with Crippen LogP contribution in [0, 0.1) is 0 Å². The Morgan fingerprint density at radius 3 is 1.05 bits per heavy atom. The molecule has 0 fully saturated rings. The fourth-order valence-corrected chi connectivity index (χ4v) is 1.65. The predicted octanol–water partition coefficient (Wildman–Crippen LogP) is 6.77. The maximum absolute atomic E-state index is 3.28. The van der Waals surface area contributed by atoms with E-state index in [1.54, 1.807) is 0 Å². The molecular formula is C18H45NS. The highest BCUT2D eigenvalue weighted by Crippen LogP contribution is 2.02. The van der Waals surface area contributed by atoms with Gasteiger partial charge in [-0.15, -0.1) is 0 Å². The van der Waals surface area contributed by atoms with Gasteiger partial charge in [0.25, 0.3) is 0 Å². The van der Waals surface area contributed by atoms with Crippen molar-refractivity contribution in [1.82, 2.24) is 5.32 Å². The van der Waals surface area contributed by atoms with Crippen molar-refractivity contribution < 1.29 is 0 Å². The van der Waals surface area contributed by atoms with E-state index in [0.717, 1.165) is 0 Å². The van der Waals surface area contributed by atoms with Crippen LogP contribution in [0.4, 0.5) is 0 Å². The van der Waals surface area contributed by atoms with Gasteiger partial charge in [0.2, 0.25) is 0 Å². The summed E-state index contributed by atoms with van der Waals surface area (Å²) in [5.41, 5.74) is 0. The van der Waals surface area contributed by atoms with Crippen LogP contribution in [0.5, 0.6) is 0 Å². The molecular weight excluding hydrogens is 262 g/mol. The molecule has 0 spiro atoms. The van der Waals surface area contributed by atoms with Crippen molar-refractivity contribution in [3.8, 4) is 0 Å².